The van der Waals surface area contributed by atoms with E-state index < -0.39 is 0 Å². The summed E-state index contributed by atoms with van der Waals surface area (Å²) < 4.78 is 0. The number of nitrogens with zero attached hydrogens (tertiary/aromatic N) is 2. The monoisotopic (exact) mass is 196 g/mol. The van der Waals surface area contributed by atoms with Crippen molar-refractivity contribution >= 4 is 11.3 Å². The third-order valence-corrected chi connectivity index (χ3v) is 3.27. The molecule has 0 aromatic carbocycles. The molecule has 0 spiro atoms. The minimum atomic E-state index is 1.14. The van der Waals surface area contributed by atoms with Crippen LogP contribution in [0.4, 0.5) is 0 Å². The van der Waals surface area contributed by atoms with Crippen molar-refractivity contribution in [1.29, 1.82) is 0 Å². The molecule has 3 heteroatoms. The molecule has 1 fully saturated rings. The zero-order chi connectivity index (χ0) is 9.10. The van der Waals surface area contributed by atoms with Crippen LogP contribution in [0, 0.1) is 0 Å². The van der Waals surface area contributed by atoms with E-state index in [-0.39, 0.29) is 0 Å². The van der Waals surface area contributed by atoms with Gasteiger partial charge in [0.15, 0.2) is 0 Å². The number of rotatable bonds is 3. The summed E-state index contributed by atoms with van der Waals surface area (Å²) in [5.41, 5.74) is 1.49. The van der Waals surface area contributed by atoms with Gasteiger partial charge in [0, 0.05) is 19.6 Å². The van der Waals surface area contributed by atoms with Crippen molar-refractivity contribution in [2.75, 3.05) is 33.4 Å². The Labute approximate surface area is 83.8 Å². The Bertz CT molecular complexity index is 245. The molecule has 2 nitrogen and oxygen atoms in total. The fourth-order valence-corrected chi connectivity index (χ4v) is 2.40. The second kappa shape index (κ2) is 4.22. The van der Waals surface area contributed by atoms with Crippen molar-refractivity contribution in [3.63, 3.8) is 0 Å². The van der Waals surface area contributed by atoms with E-state index in [4.69, 9.17) is 0 Å². The summed E-state index contributed by atoms with van der Waals surface area (Å²) in [6, 6.07) is 2.23. The summed E-state index contributed by atoms with van der Waals surface area (Å²) in [7, 11) is 2.19. The Balaban J connectivity index is 1.74. The Morgan fingerprint density at radius 3 is 3.00 bits per heavy atom. The number of hydrogen-bond donors (Lipinski definition) is 0. The van der Waals surface area contributed by atoms with Crippen molar-refractivity contribution in [2.45, 2.75) is 6.42 Å². The van der Waals surface area contributed by atoms with Gasteiger partial charge in [0.25, 0.3) is 0 Å². The average molecular weight is 196 g/mol. The van der Waals surface area contributed by atoms with E-state index in [0.29, 0.717) is 0 Å². The van der Waals surface area contributed by atoms with Gasteiger partial charge in [-0.2, -0.15) is 11.3 Å². The molecular formula is C10H16N2S. The molecule has 1 aromatic rings. The van der Waals surface area contributed by atoms with Gasteiger partial charge < -0.3 is 0 Å². The molecule has 0 amide bonds. The highest BCUT2D eigenvalue weighted by Crippen LogP contribution is 2.09. The fraction of sp³-hybridized carbons (Fsp3) is 0.600. The number of likely N-dealkylation sites (N-methyl/N-ethyl adjacent to an activating group) is 1. The molecule has 72 valence electrons. The Hall–Kier alpha value is -0.380. The van der Waals surface area contributed by atoms with Crippen LogP contribution in [0.5, 0.6) is 0 Å². The Morgan fingerprint density at radius 2 is 2.38 bits per heavy atom. The van der Waals surface area contributed by atoms with E-state index in [1.165, 1.54) is 31.6 Å². The lowest BCUT2D eigenvalue weighted by atomic mass is 10.2. The van der Waals surface area contributed by atoms with Crippen LogP contribution in [-0.4, -0.2) is 43.2 Å². The Morgan fingerprint density at radius 1 is 1.46 bits per heavy atom. The second-order valence-corrected chi connectivity index (χ2v) is 4.50. The first-order valence-electron chi connectivity index (χ1n) is 4.76. The van der Waals surface area contributed by atoms with E-state index in [9.17, 15) is 0 Å². The number of hydrogen-bond acceptors (Lipinski definition) is 3. The molecule has 0 atom stereocenters. The van der Waals surface area contributed by atoms with E-state index in [1.54, 1.807) is 11.3 Å². The minimum Gasteiger partial charge on any atom is -0.292 e. The predicted molar refractivity (Wildman–Crippen MR) is 57.1 cm³/mol. The van der Waals surface area contributed by atoms with Crippen molar-refractivity contribution in [3.05, 3.63) is 22.4 Å². The predicted octanol–water partition coefficient (Wildman–Crippen LogP) is 1.50. The lowest BCUT2D eigenvalue weighted by Gasteiger charge is -2.14. The highest BCUT2D eigenvalue weighted by atomic mass is 32.1. The van der Waals surface area contributed by atoms with Gasteiger partial charge in [0.2, 0.25) is 0 Å². The van der Waals surface area contributed by atoms with Crippen LogP contribution in [0.1, 0.15) is 5.56 Å². The standard InChI is InChI=1S/C10H16N2S/c1-11-5-6-12(9-11)4-2-10-3-7-13-8-10/h3,7-8H,2,4-6,9H2,1H3. The highest BCUT2D eigenvalue weighted by molar-refractivity contribution is 7.07. The van der Waals surface area contributed by atoms with Gasteiger partial charge >= 0.3 is 0 Å². The lowest BCUT2D eigenvalue weighted by molar-refractivity contribution is 0.277. The van der Waals surface area contributed by atoms with Crippen LogP contribution in [-0.2, 0) is 6.42 Å². The molecule has 13 heavy (non-hydrogen) atoms. The van der Waals surface area contributed by atoms with Gasteiger partial charge in [-0.3, -0.25) is 9.80 Å². The van der Waals surface area contributed by atoms with Crippen molar-refractivity contribution in [1.82, 2.24) is 9.80 Å². The summed E-state index contributed by atoms with van der Waals surface area (Å²) in [4.78, 5) is 4.88. The van der Waals surface area contributed by atoms with Gasteiger partial charge in [-0.15, -0.1) is 0 Å². The first kappa shape index (κ1) is 9.19. The van der Waals surface area contributed by atoms with Crippen molar-refractivity contribution < 1.29 is 0 Å². The molecule has 1 aromatic heterocycles. The normalized spacial score (nSPS) is 19.8. The van der Waals surface area contributed by atoms with Gasteiger partial charge in [0.1, 0.15) is 0 Å². The molecule has 0 saturated carbocycles. The van der Waals surface area contributed by atoms with Gasteiger partial charge in [0.05, 0.1) is 6.67 Å². The highest BCUT2D eigenvalue weighted by Gasteiger charge is 2.15. The molecule has 1 saturated heterocycles. The molecule has 0 N–H and O–H groups in total. The summed E-state index contributed by atoms with van der Waals surface area (Å²) in [6.45, 7) is 4.81. The van der Waals surface area contributed by atoms with Crippen molar-refractivity contribution in [2.24, 2.45) is 0 Å². The third-order valence-electron chi connectivity index (χ3n) is 2.54. The molecule has 0 unspecified atom stereocenters. The maximum atomic E-state index is 2.51. The Kier molecular flexibility index (Phi) is 2.98. The SMILES string of the molecule is CN1CCN(CCc2ccsc2)C1. The van der Waals surface area contributed by atoms with Crippen LogP contribution in [0.3, 0.4) is 0 Å². The largest absolute Gasteiger partial charge is 0.292 e. The number of thiophene rings is 1. The fourth-order valence-electron chi connectivity index (χ4n) is 1.70. The average Bonchev–Trinajstić information content (AvgIpc) is 2.71. The van der Waals surface area contributed by atoms with Crippen molar-refractivity contribution in [3.8, 4) is 0 Å². The first-order chi connectivity index (χ1) is 6.34. The third kappa shape index (κ3) is 2.53. The van der Waals surface area contributed by atoms with Crippen LogP contribution in [0.15, 0.2) is 16.8 Å². The van der Waals surface area contributed by atoms with E-state index in [1.807, 2.05) is 0 Å². The second-order valence-electron chi connectivity index (χ2n) is 3.72. The van der Waals surface area contributed by atoms with E-state index in [2.05, 4.69) is 33.7 Å². The van der Waals surface area contributed by atoms with Crippen LogP contribution in [0.25, 0.3) is 0 Å². The zero-order valence-corrected chi connectivity index (χ0v) is 8.89. The molecule has 2 rings (SSSR count). The van der Waals surface area contributed by atoms with Crippen LogP contribution in [0.2, 0.25) is 0 Å². The topological polar surface area (TPSA) is 6.48 Å². The first-order valence-corrected chi connectivity index (χ1v) is 5.71. The summed E-state index contributed by atoms with van der Waals surface area (Å²) >= 11 is 1.79. The molecule has 1 aliphatic rings. The van der Waals surface area contributed by atoms with E-state index in [0.717, 1.165) is 6.67 Å². The smallest absolute Gasteiger partial charge is 0.0504 e. The maximum Gasteiger partial charge on any atom is 0.0504 e. The van der Waals surface area contributed by atoms with Gasteiger partial charge in [-0.25, -0.2) is 0 Å². The zero-order valence-electron chi connectivity index (χ0n) is 8.07. The summed E-state index contributed by atoms with van der Waals surface area (Å²) in [6.07, 6.45) is 1.21. The van der Waals surface area contributed by atoms with Gasteiger partial charge in [-0.05, 0) is 35.9 Å². The van der Waals surface area contributed by atoms with E-state index >= 15 is 0 Å². The molecule has 0 bridgehead atoms. The molecule has 2 heterocycles. The van der Waals surface area contributed by atoms with Gasteiger partial charge in [-0.1, -0.05) is 0 Å². The molecule has 0 radical (unpaired) electrons. The molecule has 1 aliphatic heterocycles. The van der Waals surface area contributed by atoms with Crippen LogP contribution >= 0.6 is 11.3 Å². The summed E-state index contributed by atoms with van der Waals surface area (Å²) in [5, 5.41) is 4.41. The summed E-state index contributed by atoms with van der Waals surface area (Å²) in [5.74, 6) is 0. The van der Waals surface area contributed by atoms with Crippen LogP contribution < -0.4 is 0 Å². The molecular weight excluding hydrogens is 180 g/mol. The quantitative estimate of drug-likeness (QED) is 0.723. The minimum absolute atomic E-state index is 1.14. The molecule has 0 aliphatic carbocycles. The maximum absolute atomic E-state index is 2.51. The lowest BCUT2D eigenvalue weighted by Crippen LogP contribution is -2.25.